The number of halogens is 4. The van der Waals surface area contributed by atoms with Gasteiger partial charge in [0.15, 0.2) is 0 Å². The summed E-state index contributed by atoms with van der Waals surface area (Å²) in [5.74, 6) is -4.23. The molecule has 0 radical (unpaired) electrons. The third kappa shape index (κ3) is 3.36. The number of aliphatic hydroxyl groups is 1. The molecule has 0 rings (SSSR count). The van der Waals surface area contributed by atoms with Gasteiger partial charge in [-0.2, -0.15) is 17.6 Å². The molecule has 0 aliphatic rings. The first-order valence-corrected chi connectivity index (χ1v) is 3.24. The van der Waals surface area contributed by atoms with Crippen molar-refractivity contribution in [1.29, 1.82) is 0 Å². The predicted molar refractivity (Wildman–Crippen MR) is 33.2 cm³/mol. The van der Waals surface area contributed by atoms with Crippen LogP contribution < -0.4 is 0 Å². The van der Waals surface area contributed by atoms with E-state index in [1.54, 1.807) is 0 Å². The van der Waals surface area contributed by atoms with Crippen LogP contribution in [0.2, 0.25) is 0 Å². The van der Waals surface area contributed by atoms with Gasteiger partial charge in [0.2, 0.25) is 0 Å². The van der Waals surface area contributed by atoms with Crippen LogP contribution in [0.4, 0.5) is 17.6 Å². The lowest BCUT2D eigenvalue weighted by atomic mass is 10.3. The molecule has 0 aromatic heterocycles. The van der Waals surface area contributed by atoms with E-state index in [9.17, 15) is 17.6 Å². The normalized spacial score (nSPS) is 16.2. The van der Waals surface area contributed by atoms with Crippen LogP contribution in [0, 0.1) is 0 Å². The van der Waals surface area contributed by atoms with Crippen LogP contribution in [0.1, 0.15) is 13.8 Å². The van der Waals surface area contributed by atoms with Crippen LogP contribution in [0.3, 0.4) is 0 Å². The van der Waals surface area contributed by atoms with E-state index in [0.29, 0.717) is 0 Å². The van der Waals surface area contributed by atoms with Crippen molar-refractivity contribution in [3.8, 4) is 0 Å². The van der Waals surface area contributed by atoms with Crippen LogP contribution in [-0.4, -0.2) is 29.8 Å². The zero-order chi connectivity index (χ0) is 9.99. The second kappa shape index (κ2) is 3.57. The Kier molecular flexibility index (Phi) is 3.46. The fraction of sp³-hybridized carbons (Fsp3) is 1.00. The van der Waals surface area contributed by atoms with Crippen LogP contribution >= 0.6 is 0 Å². The molecule has 6 heteroatoms. The molecule has 1 unspecified atom stereocenters. The van der Waals surface area contributed by atoms with E-state index in [-0.39, 0.29) is 6.92 Å². The van der Waals surface area contributed by atoms with Crippen molar-refractivity contribution in [2.75, 3.05) is 6.61 Å². The largest absolute Gasteiger partial charge is 0.419 e. The highest BCUT2D eigenvalue weighted by molar-refractivity contribution is 4.70. The van der Waals surface area contributed by atoms with Gasteiger partial charge in [-0.1, -0.05) is 0 Å². The van der Waals surface area contributed by atoms with E-state index < -0.39 is 24.7 Å². The molecule has 1 N–H and O–H groups in total. The zero-order valence-electron chi connectivity index (χ0n) is 6.65. The maximum atomic E-state index is 12.2. The van der Waals surface area contributed by atoms with Gasteiger partial charge in [0.25, 0.3) is 0 Å². The lowest BCUT2D eigenvalue weighted by Crippen LogP contribution is -2.41. The molecule has 0 aliphatic carbocycles. The topological polar surface area (TPSA) is 29.5 Å². The van der Waals surface area contributed by atoms with Crippen LogP contribution in [-0.2, 0) is 4.74 Å². The second-order valence-electron chi connectivity index (χ2n) is 2.57. The van der Waals surface area contributed by atoms with Crippen LogP contribution in [0.5, 0.6) is 0 Å². The molecular formula is C6H10F4O2. The van der Waals surface area contributed by atoms with Gasteiger partial charge in [-0.3, -0.25) is 0 Å². The van der Waals surface area contributed by atoms with Crippen molar-refractivity contribution in [2.45, 2.75) is 32.0 Å². The maximum absolute atomic E-state index is 12.2. The van der Waals surface area contributed by atoms with Gasteiger partial charge >= 0.3 is 12.0 Å². The minimum Gasteiger partial charge on any atom is -0.391 e. The molecule has 0 heterocycles. The summed E-state index contributed by atoms with van der Waals surface area (Å²) < 4.78 is 51.9. The van der Waals surface area contributed by atoms with E-state index in [1.165, 1.54) is 0 Å². The molecule has 0 saturated heterocycles. The molecule has 0 saturated carbocycles. The highest BCUT2D eigenvalue weighted by Gasteiger charge is 2.53. The summed E-state index contributed by atoms with van der Waals surface area (Å²) in [6.07, 6.45) is -5.72. The first-order chi connectivity index (χ1) is 5.17. The molecule has 0 bridgehead atoms. The van der Waals surface area contributed by atoms with Gasteiger partial charge in [-0.15, -0.1) is 0 Å². The Balaban J connectivity index is 4.05. The van der Waals surface area contributed by atoms with Gasteiger partial charge in [0.1, 0.15) is 0 Å². The van der Waals surface area contributed by atoms with E-state index in [1.807, 2.05) is 0 Å². The van der Waals surface area contributed by atoms with E-state index >= 15 is 0 Å². The average molecular weight is 190 g/mol. The van der Waals surface area contributed by atoms with Gasteiger partial charge in [0, 0.05) is 6.92 Å². The minimum absolute atomic E-state index is 0.0506. The lowest BCUT2D eigenvalue weighted by Gasteiger charge is -2.23. The van der Waals surface area contributed by atoms with E-state index in [2.05, 4.69) is 4.74 Å². The predicted octanol–water partition coefficient (Wildman–Crippen LogP) is 1.63. The van der Waals surface area contributed by atoms with Gasteiger partial charge < -0.3 is 9.84 Å². The Labute approximate surface area is 67.1 Å². The summed E-state index contributed by atoms with van der Waals surface area (Å²) >= 11 is 0. The zero-order valence-corrected chi connectivity index (χ0v) is 6.65. The van der Waals surface area contributed by atoms with E-state index in [4.69, 9.17) is 5.11 Å². The minimum atomic E-state index is -4.52. The molecule has 1 atom stereocenters. The Bertz CT molecular complexity index is 141. The number of aliphatic hydroxyl groups excluding tert-OH is 1. The van der Waals surface area contributed by atoms with Gasteiger partial charge in [-0.05, 0) is 6.92 Å². The molecule has 0 aromatic carbocycles. The molecule has 0 amide bonds. The van der Waals surface area contributed by atoms with Crippen LogP contribution in [0.25, 0.3) is 0 Å². The first kappa shape index (κ1) is 11.6. The molecular weight excluding hydrogens is 180 g/mol. The highest BCUT2D eigenvalue weighted by Crippen LogP contribution is 2.34. The third-order valence-electron chi connectivity index (χ3n) is 1.02. The van der Waals surface area contributed by atoms with Crippen molar-refractivity contribution in [3.05, 3.63) is 0 Å². The number of rotatable bonds is 4. The van der Waals surface area contributed by atoms with Crippen molar-refractivity contribution in [2.24, 2.45) is 0 Å². The molecule has 0 aromatic rings. The summed E-state index contributed by atoms with van der Waals surface area (Å²) in [6, 6.07) is 0. The van der Waals surface area contributed by atoms with Crippen molar-refractivity contribution >= 4 is 0 Å². The SMILES string of the molecule is CC(O)COC(F)(F)C(C)(F)F. The Morgan fingerprint density at radius 2 is 1.75 bits per heavy atom. The quantitative estimate of drug-likeness (QED) is 0.682. The van der Waals surface area contributed by atoms with Crippen molar-refractivity contribution < 1.29 is 27.4 Å². The molecule has 0 fully saturated rings. The summed E-state index contributed by atoms with van der Waals surface area (Å²) in [5, 5.41) is 8.48. The summed E-state index contributed by atoms with van der Waals surface area (Å²) in [7, 11) is 0. The fourth-order valence-electron chi connectivity index (χ4n) is 0.352. The van der Waals surface area contributed by atoms with Gasteiger partial charge in [-0.25, -0.2) is 0 Å². The lowest BCUT2D eigenvalue weighted by molar-refractivity contribution is -0.345. The van der Waals surface area contributed by atoms with E-state index in [0.717, 1.165) is 6.92 Å². The Morgan fingerprint density at radius 1 is 1.33 bits per heavy atom. The maximum Gasteiger partial charge on any atom is 0.419 e. The van der Waals surface area contributed by atoms with Crippen molar-refractivity contribution in [1.82, 2.24) is 0 Å². The number of hydrogen-bond donors (Lipinski definition) is 1. The smallest absolute Gasteiger partial charge is 0.391 e. The third-order valence-corrected chi connectivity index (χ3v) is 1.02. The molecule has 74 valence electrons. The summed E-state index contributed by atoms with van der Waals surface area (Å²) in [5.41, 5.74) is 0. The standard InChI is InChI=1S/C6H10F4O2/c1-4(11)3-12-6(9,10)5(2,7)8/h4,11H,3H2,1-2H3. The summed E-state index contributed by atoms with van der Waals surface area (Å²) in [4.78, 5) is 0. The summed E-state index contributed by atoms with van der Waals surface area (Å²) in [6.45, 7) is 0.384. The average Bonchev–Trinajstić information content (AvgIpc) is 1.81. The highest BCUT2D eigenvalue weighted by atomic mass is 19.3. The fourth-order valence-corrected chi connectivity index (χ4v) is 0.352. The number of alkyl halides is 4. The molecule has 0 spiro atoms. The number of ether oxygens (including phenoxy) is 1. The first-order valence-electron chi connectivity index (χ1n) is 3.24. The second-order valence-corrected chi connectivity index (χ2v) is 2.57. The Morgan fingerprint density at radius 3 is 2.00 bits per heavy atom. The van der Waals surface area contributed by atoms with Crippen molar-refractivity contribution in [3.63, 3.8) is 0 Å². The molecule has 2 nitrogen and oxygen atoms in total. The number of hydrogen-bond acceptors (Lipinski definition) is 2. The Hall–Kier alpha value is -0.360. The van der Waals surface area contributed by atoms with Gasteiger partial charge in [0.05, 0.1) is 12.7 Å². The monoisotopic (exact) mass is 190 g/mol. The molecule has 12 heavy (non-hydrogen) atoms. The van der Waals surface area contributed by atoms with Crippen LogP contribution in [0.15, 0.2) is 0 Å². The molecule has 0 aliphatic heterocycles.